The van der Waals surface area contributed by atoms with Gasteiger partial charge in [-0.25, -0.2) is 0 Å². The van der Waals surface area contributed by atoms with Crippen LogP contribution in [0.1, 0.15) is 12.8 Å². The molecule has 0 radical (unpaired) electrons. The van der Waals surface area contributed by atoms with Crippen LogP contribution in [-0.2, 0) is 9.47 Å². The third-order valence-corrected chi connectivity index (χ3v) is 1.12. The summed E-state index contributed by atoms with van der Waals surface area (Å²) in [7, 11) is 1.69. The van der Waals surface area contributed by atoms with Crippen molar-refractivity contribution in [2.45, 2.75) is 12.8 Å². The van der Waals surface area contributed by atoms with Gasteiger partial charge in [0.15, 0.2) is 0 Å². The van der Waals surface area contributed by atoms with Gasteiger partial charge in [0.1, 0.15) is 0 Å². The van der Waals surface area contributed by atoms with Crippen molar-refractivity contribution in [3.8, 4) is 0 Å². The molecular weight excluding hydrogens is 132 g/mol. The molecule has 0 aliphatic carbocycles. The van der Waals surface area contributed by atoms with Gasteiger partial charge in [0.25, 0.3) is 0 Å². The highest BCUT2D eigenvalue weighted by Gasteiger charge is 1.87. The van der Waals surface area contributed by atoms with Gasteiger partial charge in [-0.15, -0.1) is 0 Å². The van der Waals surface area contributed by atoms with Crippen LogP contribution in [0.3, 0.4) is 0 Å². The van der Waals surface area contributed by atoms with Crippen LogP contribution >= 0.6 is 0 Å². The summed E-state index contributed by atoms with van der Waals surface area (Å²) in [6.07, 6.45) is 2.04. The molecule has 0 aromatic heterocycles. The Morgan fingerprint density at radius 2 is 1.80 bits per heavy atom. The monoisotopic (exact) mass is 148 g/mol. The molecule has 10 heavy (non-hydrogen) atoms. The zero-order chi connectivity index (χ0) is 7.66. The molecular formula is C7H16O3. The van der Waals surface area contributed by atoms with Gasteiger partial charge in [0.2, 0.25) is 0 Å². The molecule has 0 aromatic carbocycles. The van der Waals surface area contributed by atoms with E-state index in [1.54, 1.807) is 7.11 Å². The van der Waals surface area contributed by atoms with E-state index in [9.17, 15) is 0 Å². The molecule has 3 heteroatoms. The summed E-state index contributed by atoms with van der Waals surface area (Å²) in [6, 6.07) is 0. The molecule has 0 saturated carbocycles. The summed E-state index contributed by atoms with van der Waals surface area (Å²) in [5.74, 6) is 0. The number of hydrogen-bond donors (Lipinski definition) is 1. The Morgan fingerprint density at radius 1 is 1.10 bits per heavy atom. The van der Waals surface area contributed by atoms with Crippen molar-refractivity contribution in [2.75, 3.05) is 33.5 Å². The van der Waals surface area contributed by atoms with E-state index < -0.39 is 0 Å². The highest BCUT2D eigenvalue weighted by Crippen LogP contribution is 1.89. The Bertz CT molecular complexity index is 48.8. The van der Waals surface area contributed by atoms with E-state index in [2.05, 4.69) is 0 Å². The molecule has 0 aliphatic rings. The zero-order valence-electron chi connectivity index (χ0n) is 6.51. The van der Waals surface area contributed by atoms with E-state index in [1.807, 2.05) is 0 Å². The van der Waals surface area contributed by atoms with E-state index in [0.717, 1.165) is 26.1 Å². The van der Waals surface area contributed by atoms with Crippen LogP contribution in [0.4, 0.5) is 0 Å². The van der Waals surface area contributed by atoms with Crippen molar-refractivity contribution >= 4 is 0 Å². The van der Waals surface area contributed by atoms with Gasteiger partial charge in [0.05, 0.1) is 13.2 Å². The summed E-state index contributed by atoms with van der Waals surface area (Å²) in [5, 5.41) is 8.32. The maximum atomic E-state index is 8.32. The van der Waals surface area contributed by atoms with Crippen LogP contribution in [0.2, 0.25) is 0 Å². The summed E-state index contributed by atoms with van der Waals surface area (Å²) >= 11 is 0. The van der Waals surface area contributed by atoms with Crippen molar-refractivity contribution in [3.63, 3.8) is 0 Å². The lowest BCUT2D eigenvalue weighted by molar-refractivity contribution is 0.0848. The molecule has 1 N–H and O–H groups in total. The molecule has 0 rings (SSSR count). The topological polar surface area (TPSA) is 38.7 Å². The lowest BCUT2D eigenvalue weighted by atomic mass is 10.3. The number of rotatable bonds is 7. The number of methoxy groups -OCH3 is 1. The van der Waals surface area contributed by atoms with Crippen molar-refractivity contribution in [1.82, 2.24) is 0 Å². The Balaban J connectivity index is 2.65. The summed E-state index contributed by atoms with van der Waals surface area (Å²) in [4.78, 5) is 0. The number of aliphatic hydroxyl groups excluding tert-OH is 1. The molecule has 0 amide bonds. The second kappa shape index (κ2) is 8.88. The third-order valence-electron chi connectivity index (χ3n) is 1.12. The molecule has 0 spiro atoms. The van der Waals surface area contributed by atoms with E-state index in [0.29, 0.717) is 6.61 Å². The Kier molecular flexibility index (Phi) is 8.77. The van der Waals surface area contributed by atoms with Crippen LogP contribution in [0, 0.1) is 0 Å². The van der Waals surface area contributed by atoms with Gasteiger partial charge in [-0.3, -0.25) is 0 Å². The van der Waals surface area contributed by atoms with Gasteiger partial charge in [-0.2, -0.15) is 0 Å². The van der Waals surface area contributed by atoms with Gasteiger partial charge in [0, 0.05) is 20.3 Å². The number of unbranched alkanes of at least 4 members (excludes halogenated alkanes) is 1. The molecule has 0 aliphatic heterocycles. The van der Waals surface area contributed by atoms with E-state index in [-0.39, 0.29) is 6.61 Å². The maximum Gasteiger partial charge on any atom is 0.0697 e. The third kappa shape index (κ3) is 7.88. The first kappa shape index (κ1) is 9.88. The van der Waals surface area contributed by atoms with E-state index >= 15 is 0 Å². The minimum Gasteiger partial charge on any atom is -0.394 e. The van der Waals surface area contributed by atoms with Crippen LogP contribution in [0.5, 0.6) is 0 Å². The minimum absolute atomic E-state index is 0.115. The first-order valence-corrected chi connectivity index (χ1v) is 3.59. The second-order valence-corrected chi connectivity index (χ2v) is 2.04. The van der Waals surface area contributed by atoms with Crippen molar-refractivity contribution in [1.29, 1.82) is 0 Å². The second-order valence-electron chi connectivity index (χ2n) is 2.04. The molecule has 0 aromatic rings. The SMILES string of the molecule is COCCCCOCCO. The predicted molar refractivity (Wildman–Crippen MR) is 39.0 cm³/mol. The average molecular weight is 148 g/mol. The first-order valence-electron chi connectivity index (χ1n) is 3.59. The van der Waals surface area contributed by atoms with Gasteiger partial charge < -0.3 is 14.6 Å². The van der Waals surface area contributed by atoms with Crippen molar-refractivity contribution in [2.24, 2.45) is 0 Å². The van der Waals surface area contributed by atoms with E-state index in [4.69, 9.17) is 14.6 Å². The normalized spacial score (nSPS) is 10.2. The molecule has 3 nitrogen and oxygen atoms in total. The summed E-state index contributed by atoms with van der Waals surface area (Å²) < 4.78 is 9.87. The molecule has 0 unspecified atom stereocenters. The molecule has 0 fully saturated rings. The standard InChI is InChI=1S/C7H16O3/c1-9-5-2-3-6-10-7-4-8/h8H,2-7H2,1H3. The van der Waals surface area contributed by atoms with E-state index in [1.165, 1.54) is 0 Å². The fourth-order valence-electron chi connectivity index (χ4n) is 0.617. The lowest BCUT2D eigenvalue weighted by Crippen LogP contribution is -2.01. The van der Waals surface area contributed by atoms with Crippen LogP contribution in [0.25, 0.3) is 0 Å². The van der Waals surface area contributed by atoms with Crippen LogP contribution < -0.4 is 0 Å². The number of hydrogen-bond acceptors (Lipinski definition) is 3. The number of aliphatic hydroxyl groups is 1. The highest BCUT2D eigenvalue weighted by molar-refractivity contribution is 4.36. The Labute approximate surface area is 62.0 Å². The molecule has 62 valence electrons. The first-order chi connectivity index (χ1) is 4.91. The van der Waals surface area contributed by atoms with Crippen molar-refractivity contribution in [3.05, 3.63) is 0 Å². The molecule has 0 atom stereocenters. The van der Waals surface area contributed by atoms with Crippen molar-refractivity contribution < 1.29 is 14.6 Å². The largest absolute Gasteiger partial charge is 0.394 e. The maximum absolute atomic E-state index is 8.32. The highest BCUT2D eigenvalue weighted by atomic mass is 16.5. The predicted octanol–water partition coefficient (Wildman–Crippen LogP) is 0.422. The summed E-state index contributed by atoms with van der Waals surface area (Å²) in [5.41, 5.74) is 0. The summed E-state index contributed by atoms with van der Waals surface area (Å²) in [6.45, 7) is 2.09. The zero-order valence-corrected chi connectivity index (χ0v) is 6.51. The molecule has 0 heterocycles. The van der Waals surface area contributed by atoms with Crippen LogP contribution in [0.15, 0.2) is 0 Å². The fourth-order valence-corrected chi connectivity index (χ4v) is 0.617. The Hall–Kier alpha value is -0.120. The van der Waals surface area contributed by atoms with Crippen LogP contribution in [-0.4, -0.2) is 38.6 Å². The molecule has 0 bridgehead atoms. The fraction of sp³-hybridized carbons (Fsp3) is 1.00. The average Bonchev–Trinajstić information content (AvgIpc) is 1.97. The Morgan fingerprint density at radius 3 is 2.40 bits per heavy atom. The quantitative estimate of drug-likeness (QED) is 0.532. The lowest BCUT2D eigenvalue weighted by Gasteiger charge is -2.00. The van der Waals surface area contributed by atoms with Gasteiger partial charge >= 0.3 is 0 Å². The van der Waals surface area contributed by atoms with Gasteiger partial charge in [-0.05, 0) is 12.8 Å². The minimum atomic E-state index is 0.115. The molecule has 0 saturated heterocycles. The number of ether oxygens (including phenoxy) is 2. The smallest absolute Gasteiger partial charge is 0.0697 e. The van der Waals surface area contributed by atoms with Gasteiger partial charge in [-0.1, -0.05) is 0 Å².